The molecule has 0 radical (unpaired) electrons. The second kappa shape index (κ2) is 4.06. The van der Waals surface area contributed by atoms with Gasteiger partial charge in [0, 0.05) is 12.2 Å². The first-order valence-corrected chi connectivity index (χ1v) is 5.15. The molecule has 2 N–H and O–H groups in total. The fraction of sp³-hybridized carbons (Fsp3) is 0.250. The van der Waals surface area contributed by atoms with Gasteiger partial charge in [0.05, 0.1) is 5.69 Å². The lowest BCUT2D eigenvalue weighted by Gasteiger charge is -2.08. The number of aryl methyl sites for hydroxylation is 1. The maximum Gasteiger partial charge on any atom is 0.149 e. The summed E-state index contributed by atoms with van der Waals surface area (Å²) >= 11 is 0. The van der Waals surface area contributed by atoms with Crippen LogP contribution in [0.3, 0.4) is 0 Å². The molecular weight excluding hydrogens is 205 g/mol. The van der Waals surface area contributed by atoms with E-state index in [2.05, 4.69) is 5.10 Å². The number of hydrogen-bond donors (Lipinski definition) is 1. The SMILES string of the molecule is Cc1ccn(-c2ccc([C@H](C)N)cc2F)n1. The predicted molar refractivity (Wildman–Crippen MR) is 60.9 cm³/mol. The number of benzene rings is 1. The Morgan fingerprint density at radius 3 is 2.62 bits per heavy atom. The van der Waals surface area contributed by atoms with Crippen molar-refractivity contribution in [2.45, 2.75) is 19.9 Å². The van der Waals surface area contributed by atoms with E-state index in [9.17, 15) is 4.39 Å². The van der Waals surface area contributed by atoms with Gasteiger partial charge in [0.2, 0.25) is 0 Å². The lowest BCUT2D eigenvalue weighted by Crippen LogP contribution is -2.07. The minimum Gasteiger partial charge on any atom is -0.324 e. The van der Waals surface area contributed by atoms with Crippen LogP contribution in [-0.4, -0.2) is 9.78 Å². The highest BCUT2D eigenvalue weighted by Crippen LogP contribution is 2.18. The number of nitrogens with zero attached hydrogens (tertiary/aromatic N) is 2. The van der Waals surface area contributed by atoms with E-state index >= 15 is 0 Å². The summed E-state index contributed by atoms with van der Waals surface area (Å²) in [6.07, 6.45) is 1.74. The van der Waals surface area contributed by atoms with Gasteiger partial charge in [-0.05, 0) is 37.6 Å². The van der Waals surface area contributed by atoms with E-state index < -0.39 is 0 Å². The van der Waals surface area contributed by atoms with Crippen LogP contribution in [0.2, 0.25) is 0 Å². The van der Waals surface area contributed by atoms with E-state index in [1.165, 1.54) is 10.7 Å². The van der Waals surface area contributed by atoms with Gasteiger partial charge in [-0.2, -0.15) is 5.10 Å². The number of nitrogens with two attached hydrogens (primary N) is 1. The Morgan fingerprint density at radius 2 is 2.12 bits per heavy atom. The molecular formula is C12H14FN3. The van der Waals surface area contributed by atoms with Gasteiger partial charge in [-0.1, -0.05) is 6.07 Å². The van der Waals surface area contributed by atoms with Crippen molar-refractivity contribution >= 4 is 0 Å². The molecule has 1 aromatic heterocycles. The van der Waals surface area contributed by atoms with Crippen LogP contribution in [-0.2, 0) is 0 Å². The molecule has 1 atom stereocenters. The summed E-state index contributed by atoms with van der Waals surface area (Å²) in [6.45, 7) is 3.69. The minimum atomic E-state index is -0.307. The van der Waals surface area contributed by atoms with Crippen molar-refractivity contribution in [3.63, 3.8) is 0 Å². The third-order valence-electron chi connectivity index (χ3n) is 2.47. The minimum absolute atomic E-state index is 0.164. The second-order valence-corrected chi connectivity index (χ2v) is 3.90. The summed E-state index contributed by atoms with van der Waals surface area (Å²) in [7, 11) is 0. The van der Waals surface area contributed by atoms with Crippen molar-refractivity contribution in [1.82, 2.24) is 9.78 Å². The molecule has 2 rings (SSSR count). The van der Waals surface area contributed by atoms with E-state index in [-0.39, 0.29) is 11.9 Å². The molecule has 0 aliphatic rings. The zero-order valence-corrected chi connectivity index (χ0v) is 9.31. The first kappa shape index (κ1) is 10.8. The van der Waals surface area contributed by atoms with Crippen molar-refractivity contribution in [1.29, 1.82) is 0 Å². The molecule has 1 heterocycles. The number of hydrogen-bond acceptors (Lipinski definition) is 2. The average molecular weight is 219 g/mol. The summed E-state index contributed by atoms with van der Waals surface area (Å²) in [5, 5.41) is 4.16. The number of aromatic nitrogens is 2. The van der Waals surface area contributed by atoms with E-state index in [0.717, 1.165) is 11.3 Å². The Labute approximate surface area is 93.7 Å². The van der Waals surface area contributed by atoms with Gasteiger partial charge < -0.3 is 5.73 Å². The lowest BCUT2D eigenvalue weighted by atomic mass is 10.1. The molecule has 0 amide bonds. The molecule has 0 spiro atoms. The van der Waals surface area contributed by atoms with Crippen molar-refractivity contribution < 1.29 is 4.39 Å². The van der Waals surface area contributed by atoms with Crippen molar-refractivity contribution in [3.8, 4) is 5.69 Å². The van der Waals surface area contributed by atoms with Crippen molar-refractivity contribution in [2.75, 3.05) is 0 Å². The van der Waals surface area contributed by atoms with Gasteiger partial charge in [0.25, 0.3) is 0 Å². The van der Waals surface area contributed by atoms with E-state index in [1.807, 2.05) is 26.0 Å². The summed E-state index contributed by atoms with van der Waals surface area (Å²) in [6, 6.07) is 6.64. The van der Waals surface area contributed by atoms with Gasteiger partial charge in [0.1, 0.15) is 11.5 Å². The largest absolute Gasteiger partial charge is 0.324 e. The summed E-state index contributed by atoms with van der Waals surface area (Å²) in [5.41, 5.74) is 7.77. The van der Waals surface area contributed by atoms with Gasteiger partial charge in [-0.15, -0.1) is 0 Å². The second-order valence-electron chi connectivity index (χ2n) is 3.90. The molecule has 0 aliphatic carbocycles. The molecule has 2 aromatic rings. The van der Waals surface area contributed by atoms with Crippen LogP contribution in [0.1, 0.15) is 24.2 Å². The topological polar surface area (TPSA) is 43.8 Å². The molecule has 0 saturated heterocycles. The van der Waals surface area contributed by atoms with Crippen LogP contribution in [0.15, 0.2) is 30.5 Å². The highest BCUT2D eigenvalue weighted by Gasteiger charge is 2.08. The molecule has 1 aromatic carbocycles. The third-order valence-corrected chi connectivity index (χ3v) is 2.47. The van der Waals surface area contributed by atoms with Crippen LogP contribution in [0.5, 0.6) is 0 Å². The highest BCUT2D eigenvalue weighted by atomic mass is 19.1. The number of rotatable bonds is 2. The molecule has 0 unspecified atom stereocenters. The predicted octanol–water partition coefficient (Wildman–Crippen LogP) is 2.34. The Hall–Kier alpha value is -1.68. The molecule has 0 aliphatic heterocycles. The van der Waals surface area contributed by atoms with Crippen LogP contribution < -0.4 is 5.73 Å². The van der Waals surface area contributed by atoms with Gasteiger partial charge in [0.15, 0.2) is 0 Å². The van der Waals surface area contributed by atoms with Gasteiger partial charge in [-0.25, -0.2) is 9.07 Å². The molecule has 3 nitrogen and oxygen atoms in total. The zero-order valence-electron chi connectivity index (χ0n) is 9.31. The third kappa shape index (κ3) is 1.97. The Kier molecular flexibility index (Phi) is 2.75. The van der Waals surface area contributed by atoms with E-state index in [4.69, 9.17) is 5.73 Å². The van der Waals surface area contributed by atoms with Crippen molar-refractivity contribution in [2.24, 2.45) is 5.73 Å². The Bertz CT molecular complexity index is 503. The molecule has 4 heteroatoms. The quantitative estimate of drug-likeness (QED) is 0.842. The zero-order chi connectivity index (χ0) is 11.7. The van der Waals surface area contributed by atoms with E-state index in [0.29, 0.717) is 5.69 Å². The highest BCUT2D eigenvalue weighted by molar-refractivity contribution is 5.36. The summed E-state index contributed by atoms with van der Waals surface area (Å²) in [4.78, 5) is 0. The van der Waals surface area contributed by atoms with Gasteiger partial charge >= 0.3 is 0 Å². The number of halogens is 1. The van der Waals surface area contributed by atoms with Gasteiger partial charge in [-0.3, -0.25) is 0 Å². The maximum absolute atomic E-state index is 13.8. The normalized spacial score (nSPS) is 12.8. The Morgan fingerprint density at radius 1 is 1.38 bits per heavy atom. The fourth-order valence-electron chi connectivity index (χ4n) is 1.54. The van der Waals surface area contributed by atoms with Crippen LogP contribution >= 0.6 is 0 Å². The summed E-state index contributed by atoms with van der Waals surface area (Å²) in [5.74, 6) is -0.307. The molecule has 84 valence electrons. The summed E-state index contributed by atoms with van der Waals surface area (Å²) < 4.78 is 15.3. The first-order chi connectivity index (χ1) is 7.58. The fourth-order valence-corrected chi connectivity index (χ4v) is 1.54. The standard InChI is InChI=1S/C12H14FN3/c1-8-5-6-16(15-8)12-4-3-10(9(2)14)7-11(12)13/h3-7,9H,14H2,1-2H3/t9-/m0/s1. The molecule has 0 bridgehead atoms. The molecule has 0 saturated carbocycles. The van der Waals surface area contributed by atoms with Crippen LogP contribution in [0.4, 0.5) is 4.39 Å². The lowest BCUT2D eigenvalue weighted by molar-refractivity contribution is 0.605. The van der Waals surface area contributed by atoms with Crippen molar-refractivity contribution in [3.05, 3.63) is 47.5 Å². The molecule has 16 heavy (non-hydrogen) atoms. The smallest absolute Gasteiger partial charge is 0.149 e. The first-order valence-electron chi connectivity index (χ1n) is 5.15. The monoisotopic (exact) mass is 219 g/mol. The van der Waals surface area contributed by atoms with E-state index in [1.54, 1.807) is 12.3 Å². The average Bonchev–Trinajstić information content (AvgIpc) is 2.64. The maximum atomic E-state index is 13.8. The Balaban J connectivity index is 2.44. The van der Waals surface area contributed by atoms with Crippen LogP contribution in [0, 0.1) is 12.7 Å². The van der Waals surface area contributed by atoms with Crippen LogP contribution in [0.25, 0.3) is 5.69 Å². The molecule has 0 fully saturated rings.